The monoisotopic (exact) mass is 1420 g/mol. The van der Waals surface area contributed by atoms with Crippen LogP contribution in [0, 0.1) is 23.2 Å². The summed E-state index contributed by atoms with van der Waals surface area (Å²) >= 11 is 0. The van der Waals surface area contributed by atoms with Crippen molar-refractivity contribution in [3.8, 4) is 73.9 Å². The Hall–Kier alpha value is -11.8. The van der Waals surface area contributed by atoms with E-state index >= 15 is 0 Å². The minimum atomic E-state index is -1.82. The Kier molecular flexibility index (Phi) is 21.5. The predicted molar refractivity (Wildman–Crippen MR) is 418 cm³/mol. The maximum absolute atomic E-state index is 14.1. The molecule has 4 atom stereocenters. The van der Waals surface area contributed by atoms with E-state index in [2.05, 4.69) is 143 Å². The lowest BCUT2D eigenvalue weighted by Crippen LogP contribution is -2.39. The van der Waals surface area contributed by atoms with Crippen molar-refractivity contribution in [3.63, 3.8) is 0 Å². The molecule has 0 spiro atoms. The molecule has 1 amide bonds. The van der Waals surface area contributed by atoms with Gasteiger partial charge in [0.1, 0.15) is 35.0 Å². The number of methoxy groups -OCH3 is 2. The third-order valence-electron chi connectivity index (χ3n) is 18.9. The first kappa shape index (κ1) is 71.2. The molecule has 0 saturated carbocycles. The van der Waals surface area contributed by atoms with Gasteiger partial charge in [-0.15, -0.1) is 0 Å². The molecule has 4 N–H and O–H groups in total. The number of benzene rings is 7. The second kappa shape index (κ2) is 32.0. The number of hydrogen-bond acceptors (Lipinski definition) is 13. The topological polar surface area (TPSA) is 224 Å². The first-order chi connectivity index (χ1) is 51.8. The van der Waals surface area contributed by atoms with E-state index in [4.69, 9.17) is 38.0 Å². The van der Waals surface area contributed by atoms with Crippen molar-refractivity contribution >= 4 is 60.8 Å². The summed E-state index contributed by atoms with van der Waals surface area (Å²) in [6.07, 6.45) is 7.26. The highest BCUT2D eigenvalue weighted by Gasteiger charge is 2.45. The number of amides is 1. The zero-order chi connectivity index (χ0) is 73.3. The van der Waals surface area contributed by atoms with Crippen molar-refractivity contribution in [1.82, 2.24) is 39.5 Å². The van der Waals surface area contributed by atoms with Gasteiger partial charge in [-0.1, -0.05) is 170 Å². The molecule has 3 aliphatic heterocycles. The van der Waals surface area contributed by atoms with Crippen molar-refractivity contribution in [2.24, 2.45) is 0 Å². The van der Waals surface area contributed by atoms with Crippen LogP contribution in [0.3, 0.4) is 0 Å². The van der Waals surface area contributed by atoms with Crippen LogP contribution in [0.5, 0.6) is 11.5 Å². The van der Waals surface area contributed by atoms with Crippen LogP contribution in [0.2, 0.25) is 0 Å². The van der Waals surface area contributed by atoms with E-state index in [1.165, 1.54) is 10.8 Å². The summed E-state index contributed by atoms with van der Waals surface area (Å²) in [7, 11) is 1.41. The van der Waals surface area contributed by atoms with Gasteiger partial charge in [-0.2, -0.15) is 5.26 Å². The standard InChI is InChI=1S/C87H78N9O9P/c1-56(2)96(57(3)4)106(103-52-20-50-88)105-77-53-79(104-78(77)55-102-87(64-28-17-10-18-29-64,65-34-38-67(100-5)39-35-65)66-36-40-68(101-6)41-37-66)95-54-63(85(98)94-86(95)99)27-19-51-89-84(97)62-32-30-61(31-33-62)83-75-48-46-73(92-75)81(59-23-13-8-14-24-59)71-44-42-69(90-71)80(58-21-11-7-12-22-58)70-43-45-72(91-70)82(60-25-15-9-16-26-60)74-47-49-76(83)93-74/h7-18,21-26,28-49,54,56-57,77-79,90,93H,20,51-53,55H2,1-6H3,(H,89,97)(H,94,98,99)/t77-,78+,79+,106?/m0/s1. The summed E-state index contributed by atoms with van der Waals surface area (Å²) in [5.74, 6) is 6.77. The van der Waals surface area contributed by atoms with Crippen LogP contribution in [0.15, 0.2) is 234 Å². The minimum Gasteiger partial charge on any atom is -0.497 e. The molecule has 7 aromatic carbocycles. The number of aromatic amines is 3. The number of nitriles is 1. The van der Waals surface area contributed by atoms with Gasteiger partial charge in [0.2, 0.25) is 0 Å². The molecule has 106 heavy (non-hydrogen) atoms. The Morgan fingerprint density at radius 2 is 1.05 bits per heavy atom. The van der Waals surface area contributed by atoms with Gasteiger partial charge in [0, 0.05) is 74.6 Å². The number of nitrogens with zero attached hydrogens (tertiary/aromatic N) is 5. The molecule has 7 heterocycles. The Bertz CT molecular complexity index is 5380. The van der Waals surface area contributed by atoms with E-state index in [1.807, 2.05) is 158 Å². The number of fused-ring (bicyclic) bond motifs is 8. The summed E-state index contributed by atoms with van der Waals surface area (Å²) in [6.45, 7) is 8.12. The largest absolute Gasteiger partial charge is 0.497 e. The first-order valence-corrected chi connectivity index (χ1v) is 36.4. The average Bonchev–Trinajstić information content (AvgIpc) is 0.970. The molecule has 11 aromatic rings. The van der Waals surface area contributed by atoms with Crippen LogP contribution >= 0.6 is 8.53 Å². The van der Waals surface area contributed by atoms with Crippen molar-refractivity contribution in [1.29, 1.82) is 5.26 Å². The van der Waals surface area contributed by atoms with E-state index < -0.39 is 49.7 Å². The fourth-order valence-corrected chi connectivity index (χ4v) is 15.8. The van der Waals surface area contributed by atoms with Gasteiger partial charge >= 0.3 is 5.69 Å². The van der Waals surface area contributed by atoms with E-state index in [0.717, 1.165) is 100 Å². The number of carbonyl (C=O) groups is 1. The quantitative estimate of drug-likeness (QED) is 0.0203. The fourth-order valence-electron chi connectivity index (χ4n) is 14.0. The number of nitrogens with one attached hydrogen (secondary N) is 4. The zero-order valence-corrected chi connectivity index (χ0v) is 60.3. The van der Waals surface area contributed by atoms with Crippen molar-refractivity contribution in [3.05, 3.63) is 296 Å². The molecule has 530 valence electrons. The Morgan fingerprint density at radius 1 is 0.604 bits per heavy atom. The van der Waals surface area contributed by atoms with Gasteiger partial charge in [-0.05, 0) is 152 Å². The highest BCUT2D eigenvalue weighted by atomic mass is 31.2. The first-order valence-electron chi connectivity index (χ1n) is 35.2. The van der Waals surface area contributed by atoms with Crippen LogP contribution in [0.4, 0.5) is 0 Å². The molecule has 1 unspecified atom stereocenters. The molecular weight excluding hydrogens is 1350 g/mol. The molecular formula is C87H78N9O9P. The Balaban J connectivity index is 0.772. The maximum Gasteiger partial charge on any atom is 0.330 e. The van der Waals surface area contributed by atoms with Gasteiger partial charge in [-0.25, -0.2) is 19.4 Å². The second-order valence-corrected chi connectivity index (χ2v) is 27.6. The molecule has 1 fully saturated rings. The van der Waals surface area contributed by atoms with E-state index in [-0.39, 0.29) is 50.2 Å². The van der Waals surface area contributed by atoms with Gasteiger partial charge in [0.05, 0.1) is 75.3 Å². The van der Waals surface area contributed by atoms with Crippen molar-refractivity contribution in [2.45, 2.75) is 76.7 Å². The summed E-state index contributed by atoms with van der Waals surface area (Å²) in [5, 5.41) is 12.5. The molecule has 1 saturated heterocycles. The number of hydrogen-bond donors (Lipinski definition) is 4. The van der Waals surface area contributed by atoms with Crippen LogP contribution in [0.1, 0.15) is 102 Å². The number of ether oxygens (including phenoxy) is 4. The van der Waals surface area contributed by atoms with Gasteiger partial charge < -0.3 is 43.3 Å². The molecule has 8 bridgehead atoms. The fraction of sp³-hybridized carbons (Fsp3) is 0.195. The molecule has 18 nitrogen and oxygen atoms in total. The minimum absolute atomic E-state index is 0.0282. The maximum atomic E-state index is 14.1. The van der Waals surface area contributed by atoms with Crippen molar-refractivity contribution < 1.29 is 32.8 Å². The second-order valence-electron chi connectivity index (χ2n) is 26.2. The third kappa shape index (κ3) is 15.0. The van der Waals surface area contributed by atoms with Gasteiger partial charge in [0.15, 0.2) is 0 Å². The lowest BCUT2D eigenvalue weighted by atomic mass is 9.80. The third-order valence-corrected chi connectivity index (χ3v) is 21.1. The summed E-state index contributed by atoms with van der Waals surface area (Å²) in [6, 6.07) is 73.9. The highest BCUT2D eigenvalue weighted by Crippen LogP contribution is 2.51. The summed E-state index contributed by atoms with van der Waals surface area (Å²) in [4.78, 5) is 62.9. The molecule has 0 aliphatic carbocycles. The van der Waals surface area contributed by atoms with E-state index in [9.17, 15) is 19.6 Å². The van der Waals surface area contributed by atoms with Crippen molar-refractivity contribution in [2.75, 3.05) is 34.0 Å². The van der Waals surface area contributed by atoms with Crippen LogP contribution in [-0.4, -0.2) is 98.3 Å². The molecule has 14 rings (SSSR count). The van der Waals surface area contributed by atoms with Crippen LogP contribution < -0.4 is 26.0 Å². The average molecular weight is 1420 g/mol. The number of rotatable bonds is 23. The van der Waals surface area contributed by atoms with E-state index in [1.54, 1.807) is 26.4 Å². The van der Waals surface area contributed by atoms with Gasteiger partial charge in [-0.3, -0.25) is 19.1 Å². The summed E-state index contributed by atoms with van der Waals surface area (Å²) < 4.78 is 42.5. The Morgan fingerprint density at radius 3 is 1.49 bits per heavy atom. The molecule has 3 aliphatic rings. The Labute approximate surface area is 615 Å². The predicted octanol–water partition coefficient (Wildman–Crippen LogP) is 16.9. The highest BCUT2D eigenvalue weighted by molar-refractivity contribution is 7.44. The lowest BCUT2D eigenvalue weighted by Gasteiger charge is -2.39. The normalized spacial score (nSPS) is 15.0. The lowest BCUT2D eigenvalue weighted by molar-refractivity contribution is -0.0925. The molecule has 19 heteroatoms. The van der Waals surface area contributed by atoms with Gasteiger partial charge in [0.25, 0.3) is 20.0 Å². The van der Waals surface area contributed by atoms with Crippen LogP contribution in [0.25, 0.3) is 90.9 Å². The smallest absolute Gasteiger partial charge is 0.330 e. The van der Waals surface area contributed by atoms with E-state index in [0.29, 0.717) is 22.8 Å². The number of H-pyrrole nitrogens is 3. The molecule has 0 radical (unpaired) electrons. The SMILES string of the molecule is COc1ccc(C(OC[C@H]2O[C@@H](n3cc(C#CCNC(=O)c4ccc(-c5c6nc(c(-c7ccccc7)c7ccc([nH]7)c(-c7ccccc7)c7nc(c(-c8ccccc8)c8ccc5[nH]8)C=C7)C=C6)cc4)c(=O)[nH]c3=O)C[C@@H]2OP(OCCC#N)N(C(C)C)C(C)C)(c2ccccc2)c2ccc(OC)cc2)cc1. The summed E-state index contributed by atoms with van der Waals surface area (Å²) in [5.41, 5.74) is 14.0. The zero-order valence-electron chi connectivity index (χ0n) is 59.5. The van der Waals surface area contributed by atoms with Crippen LogP contribution in [-0.2, 0) is 24.1 Å². The number of aromatic nitrogens is 6. The number of carbonyl (C=O) groups excluding carboxylic acids is 1. The molecule has 4 aromatic heterocycles.